The van der Waals surface area contributed by atoms with E-state index in [4.69, 9.17) is 14.2 Å². The molecule has 1 aromatic rings. The van der Waals surface area contributed by atoms with Crippen molar-refractivity contribution in [2.24, 2.45) is 23.7 Å². The lowest BCUT2D eigenvalue weighted by Crippen LogP contribution is -2.40. The van der Waals surface area contributed by atoms with E-state index in [2.05, 4.69) is 15.9 Å². The number of carbonyl (C=O) groups is 3. The van der Waals surface area contributed by atoms with E-state index in [1.54, 1.807) is 38.3 Å². The number of alkyl halides is 1. The first-order chi connectivity index (χ1) is 12.4. The van der Waals surface area contributed by atoms with Gasteiger partial charge in [-0.25, -0.2) is 0 Å². The third-order valence-corrected chi connectivity index (χ3v) is 7.03. The Morgan fingerprint density at radius 2 is 1.92 bits per heavy atom. The van der Waals surface area contributed by atoms with Crippen LogP contribution in [0.25, 0.3) is 0 Å². The predicted molar refractivity (Wildman–Crippen MR) is 94.1 cm³/mol. The highest BCUT2D eigenvalue weighted by molar-refractivity contribution is 9.09. The standard InChI is InChI=1S/C19H19BrO6/c1-8(16(21)9-3-5-10(24-2)6-4-9)25-18(22)13-11-7-12-14(13)19(23)26-17(12)15(11)20/h3-6,8,11-15,17H,7H2,1-2H3/t8-,11+,12+,13+,14+,15+,17-/m0/s1. The molecule has 2 bridgehead atoms. The molecule has 0 radical (unpaired) electrons. The Balaban J connectivity index is 1.46. The average Bonchev–Trinajstić information content (AvgIpc) is 3.25. The van der Waals surface area contributed by atoms with Crippen molar-refractivity contribution in [1.82, 2.24) is 0 Å². The third-order valence-electron chi connectivity index (χ3n) is 5.83. The van der Waals surface area contributed by atoms with E-state index in [9.17, 15) is 14.4 Å². The Morgan fingerprint density at radius 3 is 2.58 bits per heavy atom. The van der Waals surface area contributed by atoms with E-state index in [1.165, 1.54) is 0 Å². The van der Waals surface area contributed by atoms with Crippen molar-refractivity contribution in [3.8, 4) is 5.75 Å². The second-order valence-electron chi connectivity index (χ2n) is 7.13. The highest BCUT2D eigenvalue weighted by Crippen LogP contribution is 2.60. The molecule has 0 aromatic heterocycles. The minimum atomic E-state index is -0.919. The molecule has 4 rings (SSSR count). The summed E-state index contributed by atoms with van der Waals surface area (Å²) in [5, 5.41) is 0. The molecule has 1 heterocycles. The molecule has 7 heteroatoms. The van der Waals surface area contributed by atoms with Gasteiger partial charge in [-0.2, -0.15) is 0 Å². The molecule has 2 saturated carbocycles. The molecule has 1 aromatic carbocycles. The van der Waals surface area contributed by atoms with Gasteiger partial charge in [-0.15, -0.1) is 0 Å². The number of methoxy groups -OCH3 is 1. The summed E-state index contributed by atoms with van der Waals surface area (Å²) < 4.78 is 15.9. The monoisotopic (exact) mass is 422 g/mol. The normalized spacial score (nSPS) is 35.1. The molecule has 3 aliphatic rings. The number of hydrogen-bond donors (Lipinski definition) is 0. The van der Waals surface area contributed by atoms with Crippen LogP contribution in [0.15, 0.2) is 24.3 Å². The number of fused-ring (bicyclic) bond motifs is 1. The van der Waals surface area contributed by atoms with Crippen LogP contribution in [0.2, 0.25) is 0 Å². The first-order valence-corrected chi connectivity index (χ1v) is 9.57. The Labute approximate surface area is 159 Å². The van der Waals surface area contributed by atoms with Gasteiger partial charge in [0.2, 0.25) is 5.78 Å². The summed E-state index contributed by atoms with van der Waals surface area (Å²) in [6, 6.07) is 6.64. The van der Waals surface area contributed by atoms with Gasteiger partial charge in [0.25, 0.3) is 0 Å². The smallest absolute Gasteiger partial charge is 0.310 e. The predicted octanol–water partition coefficient (Wildman–Crippen LogP) is 2.38. The maximum Gasteiger partial charge on any atom is 0.310 e. The van der Waals surface area contributed by atoms with Crippen molar-refractivity contribution in [3.05, 3.63) is 29.8 Å². The highest BCUT2D eigenvalue weighted by atomic mass is 79.9. The van der Waals surface area contributed by atoms with Crippen molar-refractivity contribution in [2.45, 2.75) is 30.4 Å². The zero-order valence-electron chi connectivity index (χ0n) is 14.4. The first-order valence-electron chi connectivity index (χ1n) is 8.65. The molecule has 1 saturated heterocycles. The zero-order chi connectivity index (χ0) is 18.6. The summed E-state index contributed by atoms with van der Waals surface area (Å²) in [6.45, 7) is 1.55. The molecule has 7 atom stereocenters. The number of hydrogen-bond acceptors (Lipinski definition) is 6. The second kappa shape index (κ2) is 6.37. The van der Waals surface area contributed by atoms with Crippen LogP contribution in [0.5, 0.6) is 5.75 Å². The lowest BCUT2D eigenvalue weighted by atomic mass is 9.80. The van der Waals surface area contributed by atoms with Gasteiger partial charge in [0.1, 0.15) is 11.9 Å². The van der Waals surface area contributed by atoms with Crippen LogP contribution in [-0.2, 0) is 19.1 Å². The topological polar surface area (TPSA) is 78.9 Å². The SMILES string of the molecule is COc1ccc(C(=O)[C@H](C)OC(=O)[C@@H]2[C@H]3C[C@H]4[C@H](OC(=O)[C@H]42)[C@@H]3Br)cc1. The number of rotatable bonds is 5. The van der Waals surface area contributed by atoms with Crippen LogP contribution in [0, 0.1) is 23.7 Å². The highest BCUT2D eigenvalue weighted by Gasteiger charge is 2.68. The largest absolute Gasteiger partial charge is 0.497 e. The maximum atomic E-state index is 12.7. The van der Waals surface area contributed by atoms with Crippen molar-refractivity contribution < 1.29 is 28.6 Å². The summed E-state index contributed by atoms with van der Waals surface area (Å²) >= 11 is 3.57. The Hall–Kier alpha value is -1.89. The fourth-order valence-corrected chi connectivity index (χ4v) is 5.64. The minimum absolute atomic E-state index is 0.0113. The number of halogens is 1. The molecular formula is C19H19BrO6. The maximum absolute atomic E-state index is 12.7. The van der Waals surface area contributed by atoms with Gasteiger partial charge in [-0.3, -0.25) is 14.4 Å². The lowest BCUT2D eigenvalue weighted by Gasteiger charge is -2.27. The van der Waals surface area contributed by atoms with Crippen LogP contribution in [0.3, 0.4) is 0 Å². The van der Waals surface area contributed by atoms with Gasteiger partial charge in [0.15, 0.2) is 6.10 Å². The van der Waals surface area contributed by atoms with Crippen molar-refractivity contribution in [3.63, 3.8) is 0 Å². The van der Waals surface area contributed by atoms with E-state index in [0.29, 0.717) is 11.3 Å². The first kappa shape index (κ1) is 17.5. The van der Waals surface area contributed by atoms with E-state index in [0.717, 1.165) is 6.42 Å². The van der Waals surface area contributed by atoms with Gasteiger partial charge in [-0.05, 0) is 43.5 Å². The number of ketones is 1. The Kier molecular flexibility index (Phi) is 4.29. The van der Waals surface area contributed by atoms with Gasteiger partial charge in [0.05, 0.1) is 23.8 Å². The summed E-state index contributed by atoms with van der Waals surface area (Å²) in [6.07, 6.45) is -0.283. The Morgan fingerprint density at radius 1 is 1.23 bits per heavy atom. The van der Waals surface area contributed by atoms with E-state index >= 15 is 0 Å². The number of ether oxygens (including phenoxy) is 3. The molecule has 26 heavy (non-hydrogen) atoms. The van der Waals surface area contributed by atoms with Crippen molar-refractivity contribution in [1.29, 1.82) is 0 Å². The molecule has 1 aliphatic heterocycles. The average molecular weight is 423 g/mol. The molecular weight excluding hydrogens is 404 g/mol. The van der Waals surface area contributed by atoms with E-state index in [-0.39, 0.29) is 34.5 Å². The van der Waals surface area contributed by atoms with Gasteiger partial charge in [-0.1, -0.05) is 15.9 Å². The molecule has 138 valence electrons. The molecule has 0 amide bonds. The quantitative estimate of drug-likeness (QED) is 0.411. The summed E-state index contributed by atoms with van der Waals surface area (Å²) in [7, 11) is 1.55. The fourth-order valence-electron chi connectivity index (χ4n) is 4.59. The van der Waals surface area contributed by atoms with E-state index in [1.807, 2.05) is 0 Å². The molecule has 0 spiro atoms. The lowest BCUT2D eigenvalue weighted by molar-refractivity contribution is -0.157. The zero-order valence-corrected chi connectivity index (χ0v) is 16.0. The summed E-state index contributed by atoms with van der Waals surface area (Å²) in [5.74, 6) is -1.34. The van der Waals surface area contributed by atoms with E-state index < -0.39 is 23.9 Å². The summed E-state index contributed by atoms with van der Waals surface area (Å²) in [5.41, 5.74) is 0.442. The van der Waals surface area contributed by atoms with Gasteiger partial charge >= 0.3 is 11.9 Å². The van der Waals surface area contributed by atoms with Crippen molar-refractivity contribution >= 4 is 33.7 Å². The van der Waals surface area contributed by atoms with Crippen LogP contribution in [0.1, 0.15) is 23.7 Å². The molecule has 6 nitrogen and oxygen atoms in total. The van der Waals surface area contributed by atoms with Crippen molar-refractivity contribution in [2.75, 3.05) is 7.11 Å². The minimum Gasteiger partial charge on any atom is -0.497 e. The number of Topliss-reactive ketones (excluding diaryl/α,β-unsaturated/α-hetero) is 1. The molecule has 2 aliphatic carbocycles. The van der Waals surface area contributed by atoms with Gasteiger partial charge < -0.3 is 14.2 Å². The third kappa shape index (κ3) is 2.55. The van der Waals surface area contributed by atoms with Crippen LogP contribution in [0.4, 0.5) is 0 Å². The molecule has 3 fully saturated rings. The number of benzene rings is 1. The second-order valence-corrected chi connectivity index (χ2v) is 8.19. The molecule has 0 N–H and O–H groups in total. The Bertz CT molecular complexity index is 760. The van der Waals surface area contributed by atoms with Gasteiger partial charge in [0, 0.05) is 11.5 Å². The fraction of sp³-hybridized carbons (Fsp3) is 0.526. The summed E-state index contributed by atoms with van der Waals surface area (Å²) in [4.78, 5) is 37.4. The number of esters is 2. The molecule has 0 unspecified atom stereocenters. The van der Waals surface area contributed by atoms with Crippen LogP contribution >= 0.6 is 15.9 Å². The van der Waals surface area contributed by atoms with Crippen LogP contribution in [-0.4, -0.2) is 41.9 Å². The van der Waals surface area contributed by atoms with Crippen LogP contribution < -0.4 is 4.74 Å². The number of carbonyl (C=O) groups excluding carboxylic acids is 3.